The number of hydrogen-bond donors (Lipinski definition) is 2. The van der Waals surface area contributed by atoms with Gasteiger partial charge in [0.05, 0.1) is 6.10 Å². The van der Waals surface area contributed by atoms with E-state index in [0.29, 0.717) is 18.4 Å². The van der Waals surface area contributed by atoms with Gasteiger partial charge in [0.1, 0.15) is 0 Å². The molecule has 1 saturated carbocycles. The van der Waals surface area contributed by atoms with Gasteiger partial charge >= 0.3 is 0 Å². The van der Waals surface area contributed by atoms with Crippen LogP contribution in [0.2, 0.25) is 0 Å². The van der Waals surface area contributed by atoms with Gasteiger partial charge in [-0.2, -0.15) is 0 Å². The summed E-state index contributed by atoms with van der Waals surface area (Å²) in [6.07, 6.45) is 2.06. The molecule has 0 radical (unpaired) electrons. The van der Waals surface area contributed by atoms with Crippen LogP contribution in [0.5, 0.6) is 0 Å². The van der Waals surface area contributed by atoms with E-state index in [1.54, 1.807) is 17.5 Å². The van der Waals surface area contributed by atoms with Gasteiger partial charge in [-0.3, -0.25) is 4.79 Å². The number of hydrogen-bond acceptors (Lipinski definition) is 4. The predicted molar refractivity (Wildman–Crippen MR) is 95.8 cm³/mol. The van der Waals surface area contributed by atoms with E-state index in [1.807, 2.05) is 26.8 Å². The number of nitrogens with one attached hydrogen (secondary N) is 1. The summed E-state index contributed by atoms with van der Waals surface area (Å²) >= 11 is 1.71. The van der Waals surface area contributed by atoms with Crippen LogP contribution < -0.4 is 5.32 Å². The summed E-state index contributed by atoms with van der Waals surface area (Å²) in [6.45, 7) is 6.09. The molecule has 3 nitrogen and oxygen atoms in total. The summed E-state index contributed by atoms with van der Waals surface area (Å²) < 4.78 is 1.24. The molecule has 1 aromatic heterocycles. The van der Waals surface area contributed by atoms with Crippen LogP contribution in [0.15, 0.2) is 41.4 Å². The van der Waals surface area contributed by atoms with Gasteiger partial charge in [-0.05, 0) is 61.6 Å². The van der Waals surface area contributed by atoms with Crippen LogP contribution in [0.25, 0.3) is 10.1 Å². The lowest BCUT2D eigenvalue weighted by Crippen LogP contribution is -2.35. The number of aliphatic hydroxyl groups is 1. The molecule has 3 rings (SSSR count). The zero-order chi connectivity index (χ0) is 16.6. The van der Waals surface area contributed by atoms with E-state index >= 15 is 0 Å². The van der Waals surface area contributed by atoms with Crippen molar-refractivity contribution in [2.45, 2.75) is 51.2 Å². The number of fused-ring (bicyclic) bond motifs is 1. The van der Waals surface area contributed by atoms with Gasteiger partial charge in [0.15, 0.2) is 5.78 Å². The number of carbonyl (C=O) groups excluding carboxylic acids is 1. The van der Waals surface area contributed by atoms with Crippen LogP contribution in [-0.2, 0) is 4.79 Å². The zero-order valence-corrected chi connectivity index (χ0v) is 14.6. The highest BCUT2D eigenvalue weighted by Crippen LogP contribution is 2.38. The molecule has 23 heavy (non-hydrogen) atoms. The Bertz CT molecular complexity index is 754. The molecule has 1 fully saturated rings. The Kier molecular flexibility index (Phi) is 4.30. The average Bonchev–Trinajstić information content (AvgIpc) is 2.93. The van der Waals surface area contributed by atoms with Gasteiger partial charge in [0.25, 0.3) is 0 Å². The van der Waals surface area contributed by atoms with E-state index in [0.717, 1.165) is 0 Å². The largest absolute Gasteiger partial charge is 0.388 e. The first kappa shape index (κ1) is 16.2. The fourth-order valence-corrected chi connectivity index (χ4v) is 3.91. The second-order valence-corrected chi connectivity index (χ2v) is 8.20. The standard InChI is InChI=1S/C19H23NO2S/c1-19(2,3)20-11-15-16(21)9-12(10-17(15)22)13-5-4-6-18-14(13)7-8-23-18/h4-8,11-12,16,20-21H,9-10H2,1-3H3/b15-11+. The summed E-state index contributed by atoms with van der Waals surface area (Å²) in [5.41, 5.74) is 1.57. The molecule has 1 aliphatic rings. The predicted octanol–water partition coefficient (Wildman–Crippen LogP) is 3.98. The minimum atomic E-state index is -0.704. The topological polar surface area (TPSA) is 49.3 Å². The molecule has 2 atom stereocenters. The SMILES string of the molecule is CC(C)(C)N/C=C1/C(=O)CC(c2cccc3sccc23)CC1O. The quantitative estimate of drug-likeness (QED) is 0.819. The number of Topliss-reactive ketones (excluding diaryl/α,β-unsaturated/α-hetero) is 1. The first-order chi connectivity index (χ1) is 10.8. The number of ketones is 1. The van der Waals surface area contributed by atoms with Gasteiger partial charge in [0.2, 0.25) is 0 Å². The Labute approximate surface area is 141 Å². The summed E-state index contributed by atoms with van der Waals surface area (Å²) in [7, 11) is 0. The first-order valence-electron chi connectivity index (χ1n) is 8.00. The first-order valence-corrected chi connectivity index (χ1v) is 8.88. The molecular formula is C19H23NO2S. The smallest absolute Gasteiger partial charge is 0.163 e. The van der Waals surface area contributed by atoms with Crippen molar-refractivity contribution in [3.8, 4) is 0 Å². The van der Waals surface area contributed by atoms with Crippen molar-refractivity contribution in [2.75, 3.05) is 0 Å². The van der Waals surface area contributed by atoms with Crippen LogP contribution in [0.3, 0.4) is 0 Å². The van der Waals surface area contributed by atoms with Crippen LogP contribution in [0, 0.1) is 0 Å². The molecule has 1 heterocycles. The molecule has 4 heteroatoms. The lowest BCUT2D eigenvalue weighted by molar-refractivity contribution is -0.118. The van der Waals surface area contributed by atoms with Crippen molar-refractivity contribution in [3.63, 3.8) is 0 Å². The zero-order valence-electron chi connectivity index (χ0n) is 13.8. The summed E-state index contributed by atoms with van der Waals surface area (Å²) in [4.78, 5) is 12.5. The van der Waals surface area contributed by atoms with Gasteiger partial charge in [0, 0.05) is 28.4 Å². The molecule has 1 aliphatic carbocycles. The van der Waals surface area contributed by atoms with Gasteiger partial charge in [-0.1, -0.05) is 12.1 Å². The third-order valence-corrected chi connectivity index (χ3v) is 5.13. The minimum Gasteiger partial charge on any atom is -0.388 e. The van der Waals surface area contributed by atoms with E-state index in [1.165, 1.54) is 15.6 Å². The average molecular weight is 329 g/mol. The van der Waals surface area contributed by atoms with E-state index in [-0.39, 0.29) is 17.2 Å². The molecule has 0 spiro atoms. The van der Waals surface area contributed by atoms with Crippen molar-refractivity contribution in [3.05, 3.63) is 47.0 Å². The number of benzene rings is 1. The van der Waals surface area contributed by atoms with Crippen LogP contribution in [-0.4, -0.2) is 22.5 Å². The molecule has 0 bridgehead atoms. The van der Waals surface area contributed by atoms with Crippen LogP contribution in [0.1, 0.15) is 45.1 Å². The highest BCUT2D eigenvalue weighted by Gasteiger charge is 2.32. The second-order valence-electron chi connectivity index (χ2n) is 7.25. The monoisotopic (exact) mass is 329 g/mol. The van der Waals surface area contributed by atoms with Crippen LogP contribution in [0.4, 0.5) is 0 Å². The molecule has 2 N–H and O–H groups in total. The highest BCUT2D eigenvalue weighted by atomic mass is 32.1. The van der Waals surface area contributed by atoms with E-state index in [2.05, 4.69) is 28.9 Å². The van der Waals surface area contributed by atoms with E-state index in [4.69, 9.17) is 0 Å². The Morgan fingerprint density at radius 3 is 2.78 bits per heavy atom. The second kappa shape index (κ2) is 6.10. The minimum absolute atomic E-state index is 0.0396. The van der Waals surface area contributed by atoms with Gasteiger partial charge in [-0.15, -0.1) is 11.3 Å². The van der Waals surface area contributed by atoms with Crippen molar-refractivity contribution in [2.24, 2.45) is 0 Å². The normalized spacial score (nSPS) is 24.3. The third-order valence-electron chi connectivity index (χ3n) is 4.25. The summed E-state index contributed by atoms with van der Waals surface area (Å²) in [5, 5.41) is 16.9. The summed E-state index contributed by atoms with van der Waals surface area (Å²) in [5.74, 6) is 0.125. The molecule has 0 aliphatic heterocycles. The molecule has 0 saturated heterocycles. The number of aliphatic hydroxyl groups excluding tert-OH is 1. The lowest BCUT2D eigenvalue weighted by Gasteiger charge is -2.29. The highest BCUT2D eigenvalue weighted by molar-refractivity contribution is 7.17. The molecule has 1 aromatic carbocycles. The molecule has 122 valence electrons. The fraction of sp³-hybridized carbons (Fsp3) is 0.421. The maximum atomic E-state index is 12.5. The van der Waals surface area contributed by atoms with Crippen molar-refractivity contribution in [1.82, 2.24) is 5.32 Å². The molecular weight excluding hydrogens is 306 g/mol. The van der Waals surface area contributed by atoms with Crippen molar-refractivity contribution < 1.29 is 9.90 Å². The van der Waals surface area contributed by atoms with Crippen molar-refractivity contribution in [1.29, 1.82) is 0 Å². The Balaban J connectivity index is 1.85. The van der Waals surface area contributed by atoms with Gasteiger partial charge in [-0.25, -0.2) is 0 Å². The maximum absolute atomic E-state index is 12.5. The Hall–Kier alpha value is -1.65. The third kappa shape index (κ3) is 3.48. The van der Waals surface area contributed by atoms with Gasteiger partial charge < -0.3 is 10.4 Å². The molecule has 0 amide bonds. The van der Waals surface area contributed by atoms with Crippen LogP contribution >= 0.6 is 11.3 Å². The maximum Gasteiger partial charge on any atom is 0.163 e. The molecule has 2 aromatic rings. The van der Waals surface area contributed by atoms with E-state index in [9.17, 15) is 9.90 Å². The number of rotatable bonds is 2. The number of carbonyl (C=O) groups is 1. The fourth-order valence-electron chi connectivity index (χ4n) is 3.09. The Morgan fingerprint density at radius 2 is 2.09 bits per heavy atom. The van der Waals surface area contributed by atoms with Crippen molar-refractivity contribution >= 4 is 27.2 Å². The van der Waals surface area contributed by atoms with E-state index < -0.39 is 6.10 Å². The Morgan fingerprint density at radius 1 is 1.30 bits per heavy atom. The summed E-state index contributed by atoms with van der Waals surface area (Å²) in [6, 6.07) is 8.33. The lowest BCUT2D eigenvalue weighted by atomic mass is 9.78. The number of thiophene rings is 1. The molecule has 2 unspecified atom stereocenters.